The number of likely N-dealkylation sites (tertiary alicyclic amines) is 1. The second kappa shape index (κ2) is 53.4. The van der Waals surface area contributed by atoms with E-state index in [0.717, 1.165) is 57.0 Å². The molecule has 1 aliphatic rings. The number of unbranched alkanes of at least 4 members (excludes halogenated alkanes) is 23. The van der Waals surface area contributed by atoms with Gasteiger partial charge >= 0.3 is 0 Å². The minimum atomic E-state index is 0.322. The highest BCUT2D eigenvalue weighted by Gasteiger charge is 2.23. The first kappa shape index (κ1) is 70.2. The SMILES string of the molecule is CCCCCCC(CC)CCCC.CCCCCCC(CC)CCCC.CCCCCCCCC(=O)N(CCCN1CCCC1)C(CCCCCCCCC(C)=O)CCCCCCCCC(C)(C)C. The van der Waals surface area contributed by atoms with Crippen molar-refractivity contribution < 1.29 is 9.59 Å². The van der Waals surface area contributed by atoms with Crippen LogP contribution >= 0.6 is 0 Å². The van der Waals surface area contributed by atoms with Gasteiger partial charge in [0.15, 0.2) is 0 Å². The smallest absolute Gasteiger partial charge is 0.222 e. The summed E-state index contributed by atoms with van der Waals surface area (Å²) in [6.07, 6.45) is 57.5. The fourth-order valence-electron chi connectivity index (χ4n) is 10.7. The predicted octanol–water partition coefficient (Wildman–Crippen LogP) is 21.6. The van der Waals surface area contributed by atoms with E-state index in [0.29, 0.717) is 23.1 Å². The molecule has 0 aliphatic carbocycles. The first-order valence-corrected chi connectivity index (χ1v) is 31.9. The van der Waals surface area contributed by atoms with Crippen LogP contribution in [-0.2, 0) is 9.59 Å². The minimum Gasteiger partial charge on any atom is -0.340 e. The highest BCUT2D eigenvalue weighted by molar-refractivity contribution is 5.76. The summed E-state index contributed by atoms with van der Waals surface area (Å²) < 4.78 is 0. The van der Waals surface area contributed by atoms with Crippen molar-refractivity contribution in [3.8, 4) is 0 Å². The van der Waals surface area contributed by atoms with E-state index in [9.17, 15) is 9.59 Å². The topological polar surface area (TPSA) is 40.6 Å². The zero-order chi connectivity index (χ0) is 51.5. The molecule has 1 heterocycles. The minimum absolute atomic E-state index is 0.322. The van der Waals surface area contributed by atoms with Crippen LogP contribution < -0.4 is 0 Å². The molecule has 0 aromatic carbocycles. The molecule has 1 amide bonds. The highest BCUT2D eigenvalue weighted by Crippen LogP contribution is 2.25. The molecule has 0 aromatic heterocycles. The molecule has 0 N–H and O–H groups in total. The molecule has 3 atom stereocenters. The summed E-state index contributed by atoms with van der Waals surface area (Å²) in [7, 11) is 0. The number of carbonyl (C=O) groups is 2. The Kier molecular flexibility index (Phi) is 54.3. The quantitative estimate of drug-likeness (QED) is 0.0571. The van der Waals surface area contributed by atoms with Crippen LogP contribution in [0.15, 0.2) is 0 Å². The highest BCUT2D eigenvalue weighted by atomic mass is 16.2. The Hall–Kier alpha value is -0.900. The van der Waals surface area contributed by atoms with Gasteiger partial charge in [-0.1, -0.05) is 288 Å². The lowest BCUT2D eigenvalue weighted by molar-refractivity contribution is -0.134. The lowest BCUT2D eigenvalue weighted by Gasteiger charge is -2.33. The van der Waals surface area contributed by atoms with Gasteiger partial charge in [0.2, 0.25) is 5.91 Å². The third-order valence-corrected chi connectivity index (χ3v) is 15.6. The molecule has 1 fully saturated rings. The summed E-state index contributed by atoms with van der Waals surface area (Å²) in [6, 6.07) is 0.421. The number of ketones is 1. The molecule has 69 heavy (non-hydrogen) atoms. The molecule has 0 spiro atoms. The molecule has 0 saturated carbocycles. The maximum absolute atomic E-state index is 13.7. The van der Waals surface area contributed by atoms with E-state index < -0.39 is 0 Å². The number of amides is 1. The van der Waals surface area contributed by atoms with Crippen LogP contribution in [0.1, 0.15) is 359 Å². The van der Waals surface area contributed by atoms with E-state index in [4.69, 9.17) is 0 Å². The fraction of sp³-hybridized carbons (Fsp3) is 0.969. The van der Waals surface area contributed by atoms with Crippen molar-refractivity contribution in [1.82, 2.24) is 9.80 Å². The Morgan fingerprint density at radius 3 is 1.22 bits per heavy atom. The maximum Gasteiger partial charge on any atom is 0.222 e. The zero-order valence-corrected chi connectivity index (χ0v) is 49.9. The second-order valence-corrected chi connectivity index (χ2v) is 23.8. The van der Waals surface area contributed by atoms with E-state index in [1.54, 1.807) is 6.92 Å². The number of hydrogen-bond donors (Lipinski definition) is 0. The van der Waals surface area contributed by atoms with Gasteiger partial charge in [-0.15, -0.1) is 0 Å². The average molecular weight is 974 g/mol. The van der Waals surface area contributed by atoms with Crippen molar-refractivity contribution in [3.05, 3.63) is 0 Å². The normalized spacial score (nSPS) is 14.2. The van der Waals surface area contributed by atoms with Crippen LogP contribution in [0.5, 0.6) is 0 Å². The Balaban J connectivity index is 0. The zero-order valence-electron chi connectivity index (χ0n) is 49.9. The van der Waals surface area contributed by atoms with Crippen LogP contribution in [0.25, 0.3) is 0 Å². The number of hydrogen-bond acceptors (Lipinski definition) is 3. The molecule has 414 valence electrons. The van der Waals surface area contributed by atoms with Crippen LogP contribution in [0.4, 0.5) is 0 Å². The van der Waals surface area contributed by atoms with Gasteiger partial charge in [0.1, 0.15) is 5.78 Å². The average Bonchev–Trinajstić information content (AvgIpc) is 3.86. The first-order valence-electron chi connectivity index (χ1n) is 31.9. The van der Waals surface area contributed by atoms with Crippen molar-refractivity contribution in [3.63, 3.8) is 0 Å². The van der Waals surface area contributed by atoms with E-state index in [-0.39, 0.29) is 0 Å². The number of carbonyl (C=O) groups excluding carboxylic acids is 2. The van der Waals surface area contributed by atoms with Crippen molar-refractivity contribution >= 4 is 11.7 Å². The standard InChI is InChI=1S/C39H76N2O2.2C13H28/c1-6-7-8-9-17-22-30-38(43)41(35-26-34-40-32-24-25-33-40)37(28-20-15-11-10-14-19-27-36(2)42)29-21-16-12-13-18-23-31-39(3,4)5;2*1-4-7-9-10-12-13(6-3)11-8-5-2/h37H,6-35H2,1-5H3;2*13H,4-12H2,1-3H3. The van der Waals surface area contributed by atoms with Crippen LogP contribution in [0.3, 0.4) is 0 Å². The second-order valence-electron chi connectivity index (χ2n) is 23.8. The number of nitrogens with zero attached hydrogens (tertiary/aromatic N) is 2. The van der Waals surface area contributed by atoms with Gasteiger partial charge in [0.05, 0.1) is 0 Å². The summed E-state index contributed by atoms with van der Waals surface area (Å²) >= 11 is 0. The van der Waals surface area contributed by atoms with E-state index in [1.807, 2.05) is 0 Å². The van der Waals surface area contributed by atoms with Gasteiger partial charge in [-0.05, 0) is 95.2 Å². The molecular formula is C65H132N2O2. The summed E-state index contributed by atoms with van der Waals surface area (Å²) in [5.41, 5.74) is 0.460. The Morgan fingerprint density at radius 2 is 0.797 bits per heavy atom. The summed E-state index contributed by atoms with van der Waals surface area (Å²) in [4.78, 5) is 29.9. The monoisotopic (exact) mass is 973 g/mol. The number of rotatable bonds is 47. The van der Waals surface area contributed by atoms with Crippen molar-refractivity contribution in [2.75, 3.05) is 26.2 Å². The molecule has 4 heteroatoms. The van der Waals surface area contributed by atoms with Gasteiger partial charge in [0, 0.05) is 25.4 Å². The molecule has 0 radical (unpaired) electrons. The molecule has 1 saturated heterocycles. The van der Waals surface area contributed by atoms with Gasteiger partial charge in [-0.25, -0.2) is 0 Å². The lowest BCUT2D eigenvalue weighted by atomic mass is 9.89. The Labute approximate surface area is 437 Å². The van der Waals surface area contributed by atoms with Crippen LogP contribution in [-0.4, -0.2) is 53.7 Å². The van der Waals surface area contributed by atoms with E-state index >= 15 is 0 Å². The van der Waals surface area contributed by atoms with E-state index in [2.05, 4.69) is 79.0 Å². The van der Waals surface area contributed by atoms with Crippen LogP contribution in [0, 0.1) is 17.3 Å². The maximum atomic E-state index is 13.7. The number of Topliss-reactive ketones (excluding diaryl/α,β-unsaturated/α-hetero) is 1. The molecule has 3 unspecified atom stereocenters. The molecule has 4 nitrogen and oxygen atoms in total. The molecule has 0 bridgehead atoms. The van der Waals surface area contributed by atoms with Gasteiger partial charge < -0.3 is 14.6 Å². The van der Waals surface area contributed by atoms with Gasteiger partial charge in [-0.3, -0.25) is 4.79 Å². The van der Waals surface area contributed by atoms with Crippen molar-refractivity contribution in [2.24, 2.45) is 17.3 Å². The Bertz CT molecular complexity index is 1010. The van der Waals surface area contributed by atoms with Crippen molar-refractivity contribution in [2.45, 2.75) is 365 Å². The largest absolute Gasteiger partial charge is 0.340 e. The molecular weight excluding hydrogens is 841 g/mol. The van der Waals surface area contributed by atoms with Gasteiger partial charge in [0.25, 0.3) is 0 Å². The van der Waals surface area contributed by atoms with Gasteiger partial charge in [-0.2, -0.15) is 0 Å². The summed E-state index contributed by atoms with van der Waals surface area (Å²) in [5.74, 6) is 2.81. The lowest BCUT2D eigenvalue weighted by Crippen LogP contribution is -2.42. The molecule has 0 aromatic rings. The molecule has 1 aliphatic heterocycles. The Morgan fingerprint density at radius 1 is 0.435 bits per heavy atom. The summed E-state index contributed by atoms with van der Waals surface area (Å²) in [5, 5.41) is 0. The fourth-order valence-corrected chi connectivity index (χ4v) is 10.7. The van der Waals surface area contributed by atoms with Crippen LogP contribution in [0.2, 0.25) is 0 Å². The van der Waals surface area contributed by atoms with Crippen molar-refractivity contribution in [1.29, 1.82) is 0 Å². The summed E-state index contributed by atoms with van der Waals surface area (Å²) in [6.45, 7) is 29.5. The third-order valence-electron chi connectivity index (χ3n) is 15.6. The molecule has 1 rings (SSSR count). The van der Waals surface area contributed by atoms with E-state index in [1.165, 1.54) is 264 Å². The predicted molar refractivity (Wildman–Crippen MR) is 312 cm³/mol. The third kappa shape index (κ3) is 50.4. The first-order chi connectivity index (χ1) is 33.4.